The van der Waals surface area contributed by atoms with Gasteiger partial charge in [0.2, 0.25) is 0 Å². The number of nitrogens with zero attached hydrogens (tertiary/aromatic N) is 5. The second-order valence-electron chi connectivity index (χ2n) is 10.6. The van der Waals surface area contributed by atoms with Crippen LogP contribution in [0.2, 0.25) is 0 Å². The van der Waals surface area contributed by atoms with E-state index >= 15 is 0 Å². The Hall–Kier alpha value is -3.28. The van der Waals surface area contributed by atoms with Crippen LogP contribution in [0.15, 0.2) is 30.5 Å². The first kappa shape index (κ1) is 23.8. The van der Waals surface area contributed by atoms with E-state index < -0.39 is 11.9 Å². The highest BCUT2D eigenvalue weighted by atomic mass is 16.7. The maximum Gasteiger partial charge on any atom is 0.412 e. The molecule has 3 aromatic rings. The zero-order valence-corrected chi connectivity index (χ0v) is 21.5. The number of carbonyl (C=O) groups is 1. The lowest BCUT2D eigenvalue weighted by molar-refractivity contribution is -0.181. The highest BCUT2D eigenvalue weighted by Crippen LogP contribution is 2.42. The van der Waals surface area contributed by atoms with Crippen LogP contribution in [0.3, 0.4) is 0 Å². The molecular weight excluding hydrogens is 488 g/mol. The summed E-state index contributed by atoms with van der Waals surface area (Å²) in [6.45, 7) is 2.97. The van der Waals surface area contributed by atoms with Crippen LogP contribution in [-0.2, 0) is 14.2 Å². The summed E-state index contributed by atoms with van der Waals surface area (Å²) in [6.07, 6.45) is 7.58. The number of aromatic nitrogens is 4. The van der Waals surface area contributed by atoms with Gasteiger partial charge < -0.3 is 29.2 Å². The van der Waals surface area contributed by atoms with Crippen molar-refractivity contribution in [2.75, 3.05) is 38.3 Å². The Labute approximate surface area is 220 Å². The summed E-state index contributed by atoms with van der Waals surface area (Å²) in [5.74, 6) is 1.55. The zero-order valence-electron chi connectivity index (χ0n) is 21.5. The Kier molecular flexibility index (Phi) is 5.94. The third kappa shape index (κ3) is 4.28. The number of hydrogen-bond donors (Lipinski definition) is 1. The maximum absolute atomic E-state index is 11.6. The first-order valence-corrected chi connectivity index (χ1v) is 13.5. The number of carbonyl (C=O) groups excluding carboxylic acids is 1. The number of ether oxygens (including phenoxy) is 4. The molecule has 200 valence electrons. The second kappa shape index (κ2) is 9.48. The largest absolute Gasteiger partial charge is 0.412 e. The quantitative estimate of drug-likeness (QED) is 0.553. The number of benzene rings is 1. The van der Waals surface area contributed by atoms with Gasteiger partial charge in [-0.15, -0.1) is 0 Å². The maximum atomic E-state index is 11.6. The van der Waals surface area contributed by atoms with E-state index in [0.29, 0.717) is 24.8 Å². The predicted octanol–water partition coefficient (Wildman–Crippen LogP) is 3.44. The molecule has 11 heteroatoms. The molecule has 2 aromatic heterocycles. The Balaban J connectivity index is 1.25. The van der Waals surface area contributed by atoms with Gasteiger partial charge in [-0.3, -0.25) is 0 Å². The molecule has 4 fully saturated rings. The van der Waals surface area contributed by atoms with Crippen LogP contribution in [0.4, 0.5) is 10.6 Å². The van der Waals surface area contributed by atoms with Gasteiger partial charge in [-0.2, -0.15) is 5.10 Å². The van der Waals surface area contributed by atoms with Gasteiger partial charge in [0.15, 0.2) is 17.3 Å². The van der Waals surface area contributed by atoms with E-state index in [1.54, 1.807) is 12.1 Å². The Morgan fingerprint density at radius 3 is 2.42 bits per heavy atom. The molecule has 1 N–H and O–H groups in total. The van der Waals surface area contributed by atoms with Gasteiger partial charge in [-0.1, -0.05) is 0 Å². The molecule has 7 rings (SSSR count). The number of anilines is 1. The van der Waals surface area contributed by atoms with Gasteiger partial charge in [0, 0.05) is 38.5 Å². The molecule has 1 saturated carbocycles. The third-order valence-corrected chi connectivity index (χ3v) is 8.18. The van der Waals surface area contributed by atoms with E-state index in [2.05, 4.69) is 14.9 Å². The molecule has 1 aromatic carbocycles. The van der Waals surface area contributed by atoms with Gasteiger partial charge in [0.1, 0.15) is 11.6 Å². The summed E-state index contributed by atoms with van der Waals surface area (Å²) >= 11 is 0. The van der Waals surface area contributed by atoms with Crippen molar-refractivity contribution in [2.24, 2.45) is 0 Å². The average Bonchev–Trinajstić information content (AvgIpc) is 3.68. The molecule has 1 amide bonds. The standard InChI is InChI=1S/C27H32N6O5/c1-28-26(34)38-19-4-2-17(3-5-19)23-30-24(32-15-20-6-7-21(16-32)37-20)22-14-29-33(25(22)31-23)18-8-10-27(11-9-18)35-12-13-36-27/h2-5,14,18,20-21H,6-13,15-16H2,1H3,(H,28,34). The van der Waals surface area contributed by atoms with Crippen molar-refractivity contribution in [2.45, 2.75) is 62.6 Å². The van der Waals surface area contributed by atoms with Crippen LogP contribution in [0, 0.1) is 0 Å². The molecule has 1 spiro atoms. The Bertz CT molecular complexity index is 1320. The molecule has 2 atom stereocenters. The lowest BCUT2D eigenvalue weighted by Gasteiger charge is -2.35. The minimum Gasteiger partial charge on any atom is -0.410 e. The molecule has 2 bridgehead atoms. The third-order valence-electron chi connectivity index (χ3n) is 8.18. The Morgan fingerprint density at radius 2 is 1.74 bits per heavy atom. The van der Waals surface area contributed by atoms with Crippen LogP contribution >= 0.6 is 0 Å². The molecule has 11 nitrogen and oxygen atoms in total. The van der Waals surface area contributed by atoms with Gasteiger partial charge in [-0.05, 0) is 49.9 Å². The molecule has 3 aliphatic heterocycles. The highest BCUT2D eigenvalue weighted by molar-refractivity contribution is 5.89. The molecule has 4 aliphatic rings. The monoisotopic (exact) mass is 520 g/mol. The second-order valence-corrected chi connectivity index (χ2v) is 10.6. The molecule has 2 unspecified atom stereocenters. The number of hydrogen-bond acceptors (Lipinski definition) is 9. The smallest absolute Gasteiger partial charge is 0.410 e. The molecule has 0 radical (unpaired) electrons. The summed E-state index contributed by atoms with van der Waals surface area (Å²) in [4.78, 5) is 24.0. The summed E-state index contributed by atoms with van der Waals surface area (Å²) in [6, 6.07) is 7.49. The minimum atomic E-state index is -0.508. The van der Waals surface area contributed by atoms with Crippen LogP contribution < -0.4 is 15.0 Å². The zero-order chi connectivity index (χ0) is 25.7. The van der Waals surface area contributed by atoms with E-state index in [0.717, 1.165) is 74.0 Å². The average molecular weight is 521 g/mol. The first-order chi connectivity index (χ1) is 18.6. The van der Waals surface area contributed by atoms with Crippen molar-refractivity contribution in [3.05, 3.63) is 30.5 Å². The molecule has 1 aliphatic carbocycles. The minimum absolute atomic E-state index is 0.214. The van der Waals surface area contributed by atoms with Gasteiger partial charge in [-0.25, -0.2) is 19.4 Å². The number of morpholine rings is 1. The number of nitrogens with one attached hydrogen (secondary N) is 1. The van der Waals surface area contributed by atoms with Crippen molar-refractivity contribution in [3.63, 3.8) is 0 Å². The van der Waals surface area contributed by atoms with Crippen LogP contribution in [0.1, 0.15) is 44.6 Å². The summed E-state index contributed by atoms with van der Waals surface area (Å²) in [5.41, 5.74) is 1.68. The lowest BCUT2D eigenvalue weighted by Crippen LogP contribution is -2.43. The van der Waals surface area contributed by atoms with Crippen LogP contribution in [-0.4, -0.2) is 77.2 Å². The first-order valence-electron chi connectivity index (χ1n) is 13.5. The summed E-state index contributed by atoms with van der Waals surface area (Å²) in [7, 11) is 1.53. The summed E-state index contributed by atoms with van der Waals surface area (Å²) < 4.78 is 25.3. The summed E-state index contributed by atoms with van der Waals surface area (Å²) in [5, 5.41) is 8.26. The number of amides is 1. The van der Waals surface area contributed by atoms with E-state index in [1.807, 2.05) is 18.3 Å². The number of rotatable bonds is 4. The molecular formula is C27H32N6O5. The normalized spacial score (nSPS) is 24.8. The van der Waals surface area contributed by atoms with Crippen molar-refractivity contribution in [3.8, 4) is 17.1 Å². The highest BCUT2D eigenvalue weighted by Gasteiger charge is 2.41. The molecule has 3 saturated heterocycles. The molecule has 5 heterocycles. The van der Waals surface area contributed by atoms with Crippen molar-refractivity contribution >= 4 is 22.9 Å². The topological polar surface area (TPSA) is 113 Å². The van der Waals surface area contributed by atoms with Gasteiger partial charge in [0.05, 0.1) is 43.0 Å². The van der Waals surface area contributed by atoms with Crippen LogP contribution in [0.5, 0.6) is 5.75 Å². The van der Waals surface area contributed by atoms with Gasteiger partial charge in [0.25, 0.3) is 0 Å². The fraction of sp³-hybridized carbons (Fsp3) is 0.556. The van der Waals surface area contributed by atoms with E-state index in [1.165, 1.54) is 7.05 Å². The fourth-order valence-electron chi connectivity index (χ4n) is 6.24. The van der Waals surface area contributed by atoms with Crippen molar-refractivity contribution in [1.82, 2.24) is 25.1 Å². The molecule has 38 heavy (non-hydrogen) atoms. The SMILES string of the molecule is CNC(=O)Oc1ccc(-c2nc(N3CC4CCC(C3)O4)c3cnn(C4CCC5(CC4)OCCO5)c3n2)cc1. The number of fused-ring (bicyclic) bond motifs is 3. The van der Waals surface area contributed by atoms with Crippen molar-refractivity contribution < 1.29 is 23.7 Å². The lowest BCUT2D eigenvalue weighted by atomic mass is 9.90. The Morgan fingerprint density at radius 1 is 1.03 bits per heavy atom. The van der Waals surface area contributed by atoms with E-state index in [9.17, 15) is 4.79 Å². The van der Waals surface area contributed by atoms with Gasteiger partial charge >= 0.3 is 6.09 Å². The fourth-order valence-corrected chi connectivity index (χ4v) is 6.24. The van der Waals surface area contributed by atoms with Crippen LogP contribution in [0.25, 0.3) is 22.4 Å². The van der Waals surface area contributed by atoms with E-state index in [-0.39, 0.29) is 18.2 Å². The van der Waals surface area contributed by atoms with E-state index in [4.69, 9.17) is 34.0 Å². The predicted molar refractivity (Wildman–Crippen MR) is 138 cm³/mol. The van der Waals surface area contributed by atoms with Crippen molar-refractivity contribution in [1.29, 1.82) is 0 Å².